The van der Waals surface area contributed by atoms with E-state index in [1.54, 1.807) is 60.7 Å². The molecule has 0 fully saturated rings. The minimum Gasteiger partial charge on any atom is -0.493 e. The predicted octanol–water partition coefficient (Wildman–Crippen LogP) is 4.73. The third kappa shape index (κ3) is 6.40. The van der Waals surface area contributed by atoms with Gasteiger partial charge in [0.25, 0.3) is 11.8 Å². The molecule has 0 atom stereocenters. The molecule has 0 saturated heterocycles. The number of benzene rings is 3. The Bertz CT molecular complexity index is 1220. The number of nitriles is 1. The van der Waals surface area contributed by atoms with Crippen molar-refractivity contribution in [2.45, 2.75) is 4.90 Å². The lowest BCUT2D eigenvalue weighted by molar-refractivity contribution is -0.113. The van der Waals surface area contributed by atoms with Crippen molar-refractivity contribution in [3.05, 3.63) is 89.6 Å². The zero-order valence-corrected chi connectivity index (χ0v) is 19.5. The molecule has 0 aromatic heterocycles. The average Bonchev–Trinajstić information content (AvgIpc) is 2.88. The van der Waals surface area contributed by atoms with E-state index in [0.717, 1.165) is 4.90 Å². The molecule has 2 N–H and O–H groups in total. The number of carbonyl (C=O) groups is 2. The lowest BCUT2D eigenvalue weighted by Crippen LogP contribution is -2.30. The Morgan fingerprint density at radius 2 is 1.71 bits per heavy atom. The second-order valence-corrected chi connectivity index (χ2v) is 7.93. The van der Waals surface area contributed by atoms with Crippen LogP contribution in [-0.2, 0) is 4.79 Å². The summed E-state index contributed by atoms with van der Waals surface area (Å²) in [5.41, 5.74) is 1.55. The van der Waals surface area contributed by atoms with Crippen molar-refractivity contribution in [3.8, 4) is 17.6 Å². The normalized spacial score (nSPS) is 10.7. The minimum absolute atomic E-state index is 0.0309. The minimum atomic E-state index is -0.508. The Kier molecular flexibility index (Phi) is 8.72. The van der Waals surface area contributed by atoms with Gasteiger partial charge in [0, 0.05) is 21.7 Å². The van der Waals surface area contributed by atoms with Gasteiger partial charge in [-0.3, -0.25) is 9.59 Å². The third-order valence-electron chi connectivity index (χ3n) is 4.68. The van der Waals surface area contributed by atoms with Crippen LogP contribution in [-0.4, -0.2) is 31.8 Å². The highest BCUT2D eigenvalue weighted by Gasteiger charge is 2.17. The van der Waals surface area contributed by atoms with Gasteiger partial charge >= 0.3 is 0 Å². The summed E-state index contributed by atoms with van der Waals surface area (Å²) < 4.78 is 10.8. The van der Waals surface area contributed by atoms with Gasteiger partial charge in [0.15, 0.2) is 11.5 Å². The summed E-state index contributed by atoms with van der Waals surface area (Å²) in [6, 6.07) is 23.1. The van der Waals surface area contributed by atoms with Crippen LogP contribution in [0, 0.1) is 11.3 Å². The lowest BCUT2D eigenvalue weighted by atomic mass is 10.1. The lowest BCUT2D eigenvalue weighted by Gasteiger charge is -2.14. The van der Waals surface area contributed by atoms with Crippen molar-refractivity contribution < 1.29 is 19.1 Å². The van der Waals surface area contributed by atoms with Crippen molar-refractivity contribution in [1.82, 2.24) is 5.32 Å². The standard InChI is InChI=1S/C26H23N3O4S/c1-32-23-10-6-9-19(24(23)33-2)17-22(29-25(30)18-7-4-3-5-8-18)26(31)28-20-11-13-21(14-12-20)34-16-15-27/h3-14,17H,16H2,1-2H3,(H,28,31)(H,29,30)/b22-17-. The molecule has 0 radical (unpaired) electrons. The third-order valence-corrected chi connectivity index (χ3v) is 5.56. The number of amides is 2. The van der Waals surface area contributed by atoms with Gasteiger partial charge in [-0.25, -0.2) is 0 Å². The van der Waals surface area contributed by atoms with Crippen LogP contribution < -0.4 is 20.1 Å². The van der Waals surface area contributed by atoms with E-state index in [2.05, 4.69) is 16.7 Å². The molecule has 172 valence electrons. The molecule has 0 saturated carbocycles. The summed E-state index contributed by atoms with van der Waals surface area (Å²) in [4.78, 5) is 26.9. The van der Waals surface area contributed by atoms with Crippen LogP contribution in [0.4, 0.5) is 5.69 Å². The largest absolute Gasteiger partial charge is 0.493 e. The van der Waals surface area contributed by atoms with Crippen molar-refractivity contribution in [3.63, 3.8) is 0 Å². The van der Waals surface area contributed by atoms with Gasteiger partial charge in [0.2, 0.25) is 0 Å². The van der Waals surface area contributed by atoms with Crippen molar-refractivity contribution >= 4 is 35.3 Å². The highest BCUT2D eigenvalue weighted by molar-refractivity contribution is 7.99. The van der Waals surface area contributed by atoms with Crippen LogP contribution >= 0.6 is 11.8 Å². The second kappa shape index (κ2) is 12.1. The Labute approximate surface area is 202 Å². The van der Waals surface area contributed by atoms with E-state index in [1.807, 2.05) is 12.1 Å². The van der Waals surface area contributed by atoms with Gasteiger partial charge in [-0.05, 0) is 48.5 Å². The number of nitrogens with zero attached hydrogens (tertiary/aromatic N) is 1. The van der Waals surface area contributed by atoms with E-state index in [9.17, 15) is 9.59 Å². The molecule has 3 rings (SSSR count). The van der Waals surface area contributed by atoms with E-state index in [4.69, 9.17) is 14.7 Å². The summed E-state index contributed by atoms with van der Waals surface area (Å²) in [6.07, 6.45) is 1.54. The number of hydrogen-bond donors (Lipinski definition) is 2. The van der Waals surface area contributed by atoms with Crippen LogP contribution in [0.25, 0.3) is 6.08 Å². The van der Waals surface area contributed by atoms with E-state index in [0.29, 0.717) is 34.1 Å². The Hall–Kier alpha value is -4.22. The maximum atomic E-state index is 13.2. The first-order chi connectivity index (χ1) is 16.5. The molecule has 0 bridgehead atoms. The number of carbonyl (C=O) groups excluding carboxylic acids is 2. The number of para-hydroxylation sites is 1. The highest BCUT2D eigenvalue weighted by atomic mass is 32.2. The molecular formula is C26H23N3O4S. The highest BCUT2D eigenvalue weighted by Crippen LogP contribution is 2.32. The maximum Gasteiger partial charge on any atom is 0.272 e. The number of thioether (sulfide) groups is 1. The smallest absolute Gasteiger partial charge is 0.272 e. The molecule has 3 aromatic rings. The Morgan fingerprint density at radius 3 is 2.35 bits per heavy atom. The van der Waals surface area contributed by atoms with Crippen LogP contribution in [0.5, 0.6) is 11.5 Å². The molecule has 7 nitrogen and oxygen atoms in total. The molecule has 0 unspecified atom stereocenters. The van der Waals surface area contributed by atoms with Crippen LogP contribution in [0.1, 0.15) is 15.9 Å². The van der Waals surface area contributed by atoms with Crippen molar-refractivity contribution in [2.24, 2.45) is 0 Å². The molecule has 0 aliphatic rings. The van der Waals surface area contributed by atoms with Crippen LogP contribution in [0.15, 0.2) is 83.4 Å². The zero-order valence-electron chi connectivity index (χ0n) is 18.7. The monoisotopic (exact) mass is 473 g/mol. The maximum absolute atomic E-state index is 13.2. The first-order valence-electron chi connectivity index (χ1n) is 10.3. The molecule has 0 spiro atoms. The van der Waals surface area contributed by atoms with Gasteiger partial charge in [-0.15, -0.1) is 11.8 Å². The topological polar surface area (TPSA) is 100 Å². The molecular weight excluding hydrogens is 450 g/mol. The second-order valence-electron chi connectivity index (χ2n) is 6.89. The van der Waals surface area contributed by atoms with Crippen LogP contribution in [0.2, 0.25) is 0 Å². The first kappa shape index (κ1) is 24.4. The van der Waals surface area contributed by atoms with Crippen molar-refractivity contribution in [1.29, 1.82) is 5.26 Å². The quantitative estimate of drug-likeness (QED) is 0.344. The van der Waals surface area contributed by atoms with Gasteiger partial charge in [-0.2, -0.15) is 5.26 Å². The molecule has 0 aliphatic carbocycles. The molecule has 8 heteroatoms. The molecule has 3 aromatic carbocycles. The fourth-order valence-electron chi connectivity index (χ4n) is 3.07. The predicted molar refractivity (Wildman–Crippen MR) is 133 cm³/mol. The fourth-order valence-corrected chi connectivity index (χ4v) is 3.63. The Balaban J connectivity index is 1.91. The Morgan fingerprint density at radius 1 is 0.971 bits per heavy atom. The van der Waals surface area contributed by atoms with Gasteiger partial charge in [0.05, 0.1) is 26.0 Å². The number of hydrogen-bond acceptors (Lipinski definition) is 6. The number of rotatable bonds is 9. The van der Waals surface area contributed by atoms with E-state index >= 15 is 0 Å². The van der Waals surface area contributed by atoms with Gasteiger partial charge in [0.1, 0.15) is 5.70 Å². The number of anilines is 1. The average molecular weight is 474 g/mol. The van der Waals surface area contributed by atoms with E-state index in [1.165, 1.54) is 32.1 Å². The first-order valence-corrected chi connectivity index (χ1v) is 11.2. The molecule has 0 aliphatic heterocycles. The zero-order chi connectivity index (χ0) is 24.3. The summed E-state index contributed by atoms with van der Waals surface area (Å²) in [5, 5.41) is 14.2. The molecule has 0 heterocycles. The van der Waals surface area contributed by atoms with Gasteiger partial charge < -0.3 is 20.1 Å². The number of nitrogens with one attached hydrogen (secondary N) is 2. The fraction of sp³-hybridized carbons (Fsp3) is 0.115. The van der Waals surface area contributed by atoms with E-state index < -0.39 is 11.8 Å². The van der Waals surface area contributed by atoms with Gasteiger partial charge in [-0.1, -0.05) is 30.3 Å². The summed E-state index contributed by atoms with van der Waals surface area (Å²) in [6.45, 7) is 0. The summed E-state index contributed by atoms with van der Waals surface area (Å²) in [7, 11) is 3.03. The molecule has 34 heavy (non-hydrogen) atoms. The van der Waals surface area contributed by atoms with Crippen molar-refractivity contribution in [2.75, 3.05) is 25.3 Å². The molecule has 2 amide bonds. The number of methoxy groups -OCH3 is 2. The SMILES string of the molecule is COc1cccc(/C=C(\NC(=O)c2ccccc2)C(=O)Nc2ccc(SCC#N)cc2)c1OC. The van der Waals surface area contributed by atoms with Crippen LogP contribution in [0.3, 0.4) is 0 Å². The summed E-state index contributed by atoms with van der Waals surface area (Å²) in [5.74, 6) is 0.338. The summed E-state index contributed by atoms with van der Waals surface area (Å²) >= 11 is 1.40. The van der Waals surface area contributed by atoms with E-state index in [-0.39, 0.29) is 5.70 Å². The number of ether oxygens (including phenoxy) is 2.